The summed E-state index contributed by atoms with van der Waals surface area (Å²) < 4.78 is 5.05. The molecular formula is C11H12N2O2S. The molecule has 0 aliphatic heterocycles. The van der Waals surface area contributed by atoms with E-state index < -0.39 is 0 Å². The van der Waals surface area contributed by atoms with Crippen LogP contribution < -0.4 is 0 Å². The molecule has 5 heteroatoms. The molecule has 0 spiro atoms. The van der Waals surface area contributed by atoms with Crippen LogP contribution in [0.4, 0.5) is 0 Å². The molecule has 0 aliphatic carbocycles. The van der Waals surface area contributed by atoms with Gasteiger partial charge in [0.2, 0.25) is 0 Å². The van der Waals surface area contributed by atoms with Crippen molar-refractivity contribution in [2.75, 3.05) is 5.75 Å². The van der Waals surface area contributed by atoms with Crippen molar-refractivity contribution >= 4 is 17.5 Å². The molecule has 2 heterocycles. The second-order valence-corrected chi connectivity index (χ2v) is 4.43. The van der Waals surface area contributed by atoms with Gasteiger partial charge in [-0.1, -0.05) is 11.8 Å². The first-order chi connectivity index (χ1) is 7.66. The molecule has 2 aromatic rings. The summed E-state index contributed by atoms with van der Waals surface area (Å²) >= 11 is 1.31. The van der Waals surface area contributed by atoms with Crippen molar-refractivity contribution in [2.45, 2.75) is 19.1 Å². The van der Waals surface area contributed by atoms with Crippen molar-refractivity contribution in [2.24, 2.45) is 0 Å². The number of hydrogen-bond donors (Lipinski definition) is 1. The third-order valence-electron chi connectivity index (χ3n) is 2.19. The number of aromatic nitrogens is 2. The highest BCUT2D eigenvalue weighted by atomic mass is 32.2. The van der Waals surface area contributed by atoms with Crippen molar-refractivity contribution in [3.05, 3.63) is 35.5 Å². The highest BCUT2D eigenvalue weighted by Gasteiger charge is 2.12. The number of aryl methyl sites for hydroxylation is 2. The monoisotopic (exact) mass is 236 g/mol. The van der Waals surface area contributed by atoms with Crippen LogP contribution in [0.15, 0.2) is 28.2 Å². The van der Waals surface area contributed by atoms with Gasteiger partial charge in [-0.25, -0.2) is 4.98 Å². The van der Waals surface area contributed by atoms with Crippen molar-refractivity contribution in [3.63, 3.8) is 0 Å². The average molecular weight is 236 g/mol. The van der Waals surface area contributed by atoms with Crippen LogP contribution in [0, 0.1) is 13.8 Å². The van der Waals surface area contributed by atoms with Gasteiger partial charge in [-0.3, -0.25) is 4.79 Å². The Morgan fingerprint density at radius 3 is 2.94 bits per heavy atom. The number of H-pyrrole nitrogens is 1. The minimum Gasteiger partial charge on any atom is -0.440 e. The van der Waals surface area contributed by atoms with Crippen LogP contribution in [0.25, 0.3) is 0 Å². The summed E-state index contributed by atoms with van der Waals surface area (Å²) in [4.78, 5) is 18.9. The molecule has 0 aliphatic rings. The van der Waals surface area contributed by atoms with Gasteiger partial charge in [0.1, 0.15) is 6.26 Å². The molecule has 0 aromatic carbocycles. The molecule has 4 nitrogen and oxygen atoms in total. The van der Waals surface area contributed by atoms with Crippen molar-refractivity contribution in [1.29, 1.82) is 0 Å². The Labute approximate surface area is 97.5 Å². The molecule has 2 rings (SSSR count). The summed E-state index contributed by atoms with van der Waals surface area (Å²) in [5.41, 5.74) is 2.66. The van der Waals surface area contributed by atoms with E-state index >= 15 is 0 Å². The van der Waals surface area contributed by atoms with E-state index in [1.165, 1.54) is 18.0 Å². The molecule has 0 atom stereocenters. The van der Waals surface area contributed by atoms with Gasteiger partial charge in [-0.2, -0.15) is 0 Å². The minimum atomic E-state index is 0.0880. The fourth-order valence-electron chi connectivity index (χ4n) is 1.50. The van der Waals surface area contributed by atoms with E-state index in [-0.39, 0.29) is 5.78 Å². The van der Waals surface area contributed by atoms with Gasteiger partial charge >= 0.3 is 0 Å². The van der Waals surface area contributed by atoms with Crippen LogP contribution in [-0.2, 0) is 0 Å². The molecule has 0 radical (unpaired) electrons. The van der Waals surface area contributed by atoms with Crippen LogP contribution in [0.5, 0.6) is 0 Å². The summed E-state index contributed by atoms with van der Waals surface area (Å²) in [5.74, 6) is 0.434. The van der Waals surface area contributed by atoms with Gasteiger partial charge < -0.3 is 9.40 Å². The summed E-state index contributed by atoms with van der Waals surface area (Å²) in [5, 5.41) is 0.526. The molecule has 0 bridgehead atoms. The SMILES string of the molecule is Cc1cc(C(=O)CSc2ncco2)c(C)[nH]1. The number of thioether (sulfide) groups is 1. The first kappa shape index (κ1) is 11.0. The summed E-state index contributed by atoms with van der Waals surface area (Å²) in [7, 11) is 0. The number of carbonyl (C=O) groups is 1. The zero-order valence-electron chi connectivity index (χ0n) is 9.11. The Bertz CT molecular complexity index is 488. The maximum Gasteiger partial charge on any atom is 0.255 e. The van der Waals surface area contributed by atoms with Crippen LogP contribution >= 0.6 is 11.8 Å². The van der Waals surface area contributed by atoms with E-state index in [2.05, 4.69) is 9.97 Å². The molecular weight excluding hydrogens is 224 g/mol. The Kier molecular flexibility index (Phi) is 3.14. The van der Waals surface area contributed by atoms with Gasteiger partial charge in [0, 0.05) is 17.0 Å². The predicted molar refractivity (Wildman–Crippen MR) is 61.8 cm³/mol. The maximum atomic E-state index is 11.9. The second kappa shape index (κ2) is 4.57. The van der Waals surface area contributed by atoms with Crippen molar-refractivity contribution < 1.29 is 9.21 Å². The number of oxazole rings is 1. The number of aromatic amines is 1. The van der Waals surface area contributed by atoms with Crippen LogP contribution in [0.3, 0.4) is 0 Å². The lowest BCUT2D eigenvalue weighted by Gasteiger charge is -1.97. The molecule has 0 fully saturated rings. The van der Waals surface area contributed by atoms with Gasteiger partial charge in [0.25, 0.3) is 5.22 Å². The zero-order chi connectivity index (χ0) is 11.5. The molecule has 0 saturated carbocycles. The number of ketones is 1. The van der Waals surface area contributed by atoms with Gasteiger partial charge in [0.15, 0.2) is 5.78 Å². The van der Waals surface area contributed by atoms with E-state index in [4.69, 9.17) is 4.42 Å². The smallest absolute Gasteiger partial charge is 0.255 e. The molecule has 0 unspecified atom stereocenters. The van der Waals surface area contributed by atoms with Crippen molar-refractivity contribution in [1.82, 2.24) is 9.97 Å². The fraction of sp³-hybridized carbons (Fsp3) is 0.273. The molecule has 16 heavy (non-hydrogen) atoms. The van der Waals surface area contributed by atoms with E-state index in [0.717, 1.165) is 17.0 Å². The van der Waals surface area contributed by atoms with Crippen LogP contribution in [0.2, 0.25) is 0 Å². The summed E-state index contributed by atoms with van der Waals surface area (Å²) in [6.45, 7) is 3.83. The predicted octanol–water partition coefficient (Wildman–Crippen LogP) is 2.59. The van der Waals surface area contributed by atoms with Gasteiger partial charge in [-0.05, 0) is 19.9 Å². The van der Waals surface area contributed by atoms with Crippen molar-refractivity contribution in [3.8, 4) is 0 Å². The first-order valence-electron chi connectivity index (χ1n) is 4.88. The molecule has 0 amide bonds. The largest absolute Gasteiger partial charge is 0.440 e. The minimum absolute atomic E-state index is 0.0880. The number of rotatable bonds is 4. The van der Waals surface area contributed by atoms with E-state index in [1.807, 2.05) is 19.9 Å². The Morgan fingerprint density at radius 1 is 1.56 bits per heavy atom. The average Bonchev–Trinajstić information content (AvgIpc) is 2.84. The Hall–Kier alpha value is -1.49. The third-order valence-corrected chi connectivity index (χ3v) is 3.04. The number of carbonyl (C=O) groups excluding carboxylic acids is 1. The third kappa shape index (κ3) is 2.36. The normalized spacial score (nSPS) is 10.6. The number of hydrogen-bond acceptors (Lipinski definition) is 4. The number of nitrogens with zero attached hydrogens (tertiary/aromatic N) is 1. The highest BCUT2D eigenvalue weighted by molar-refractivity contribution is 7.99. The second-order valence-electron chi connectivity index (χ2n) is 3.50. The van der Waals surface area contributed by atoms with Gasteiger partial charge in [0.05, 0.1) is 11.9 Å². The zero-order valence-corrected chi connectivity index (χ0v) is 9.93. The topological polar surface area (TPSA) is 58.9 Å². The highest BCUT2D eigenvalue weighted by Crippen LogP contribution is 2.18. The molecule has 84 valence electrons. The lowest BCUT2D eigenvalue weighted by atomic mass is 10.2. The maximum absolute atomic E-state index is 11.9. The molecule has 1 N–H and O–H groups in total. The number of nitrogens with one attached hydrogen (secondary N) is 1. The first-order valence-corrected chi connectivity index (χ1v) is 5.87. The van der Waals surface area contributed by atoms with E-state index in [9.17, 15) is 4.79 Å². The quantitative estimate of drug-likeness (QED) is 0.654. The van der Waals surface area contributed by atoms with E-state index in [1.54, 1.807) is 6.20 Å². The molecule has 2 aromatic heterocycles. The van der Waals surface area contributed by atoms with Crippen LogP contribution in [-0.4, -0.2) is 21.5 Å². The summed E-state index contributed by atoms with van der Waals surface area (Å²) in [6.07, 6.45) is 3.07. The lowest BCUT2D eigenvalue weighted by Crippen LogP contribution is -2.02. The number of Topliss-reactive ketones (excluding diaryl/α,β-unsaturated/α-hetero) is 1. The molecule has 0 saturated heterocycles. The van der Waals surface area contributed by atoms with Crippen LogP contribution in [0.1, 0.15) is 21.7 Å². The summed E-state index contributed by atoms with van der Waals surface area (Å²) in [6, 6.07) is 1.87. The lowest BCUT2D eigenvalue weighted by molar-refractivity contribution is 0.102. The van der Waals surface area contributed by atoms with E-state index in [0.29, 0.717) is 11.0 Å². The van der Waals surface area contributed by atoms with Gasteiger partial charge in [-0.15, -0.1) is 0 Å². The standard InChI is InChI=1S/C11H12N2O2S/c1-7-5-9(8(2)13-7)10(14)6-16-11-12-3-4-15-11/h3-5,13H,6H2,1-2H3. The fourth-order valence-corrected chi connectivity index (χ4v) is 2.17. The Morgan fingerprint density at radius 2 is 2.38 bits per heavy atom. The Balaban J connectivity index is 2.01.